The van der Waals surface area contributed by atoms with Crippen molar-refractivity contribution in [3.05, 3.63) is 65.5 Å². The van der Waals surface area contributed by atoms with Crippen LogP contribution >= 0.6 is 0 Å². The van der Waals surface area contributed by atoms with Crippen LogP contribution in [0.25, 0.3) is 0 Å². The second kappa shape index (κ2) is 8.73. The van der Waals surface area contributed by atoms with Gasteiger partial charge in [-0.1, -0.05) is 37.3 Å². The van der Waals surface area contributed by atoms with Crippen molar-refractivity contribution >= 4 is 23.2 Å². The molecule has 0 saturated carbocycles. The zero-order valence-corrected chi connectivity index (χ0v) is 14.2. The molecule has 0 aromatic heterocycles. The number of aryl methyl sites for hydroxylation is 1. The second-order valence-electron chi connectivity index (χ2n) is 5.50. The fourth-order valence-electron chi connectivity index (χ4n) is 2.27. The van der Waals surface area contributed by atoms with Crippen molar-refractivity contribution in [2.24, 2.45) is 5.10 Å². The summed E-state index contributed by atoms with van der Waals surface area (Å²) in [5, 5.41) is 6.68. The quantitative estimate of drug-likeness (QED) is 0.623. The second-order valence-corrected chi connectivity index (χ2v) is 5.50. The van der Waals surface area contributed by atoms with Crippen LogP contribution in [0, 0.1) is 5.82 Å². The molecule has 0 aliphatic rings. The maximum absolute atomic E-state index is 13.5. The van der Waals surface area contributed by atoms with E-state index in [-0.39, 0.29) is 17.9 Å². The number of anilines is 1. The Kier molecular flexibility index (Phi) is 6.39. The van der Waals surface area contributed by atoms with Crippen LogP contribution in [0.1, 0.15) is 36.2 Å². The van der Waals surface area contributed by atoms with Crippen molar-refractivity contribution in [1.29, 1.82) is 0 Å². The first-order valence-electron chi connectivity index (χ1n) is 7.97. The Morgan fingerprint density at radius 3 is 2.48 bits per heavy atom. The monoisotopic (exact) mass is 341 g/mol. The lowest BCUT2D eigenvalue weighted by molar-refractivity contribution is -0.115. The number of amides is 2. The van der Waals surface area contributed by atoms with Crippen molar-refractivity contribution in [3.8, 4) is 0 Å². The fraction of sp³-hybridized carbons (Fsp3) is 0.211. The van der Waals surface area contributed by atoms with Gasteiger partial charge in [0, 0.05) is 11.4 Å². The Balaban J connectivity index is 1.93. The minimum absolute atomic E-state index is 0.0234. The summed E-state index contributed by atoms with van der Waals surface area (Å²) in [6.07, 6.45) is 0.831. The van der Waals surface area contributed by atoms with Gasteiger partial charge in [-0.3, -0.25) is 9.59 Å². The van der Waals surface area contributed by atoms with E-state index in [1.54, 1.807) is 13.0 Å². The smallest absolute Gasteiger partial charge is 0.274 e. The summed E-state index contributed by atoms with van der Waals surface area (Å²) in [7, 11) is 0. The normalized spacial score (nSPS) is 11.1. The number of hydrogen-bond donors (Lipinski definition) is 2. The lowest BCUT2D eigenvalue weighted by Gasteiger charge is -2.09. The summed E-state index contributed by atoms with van der Waals surface area (Å²) >= 11 is 0. The highest BCUT2D eigenvalue weighted by atomic mass is 19.1. The van der Waals surface area contributed by atoms with Crippen LogP contribution in [-0.4, -0.2) is 17.5 Å². The molecule has 2 amide bonds. The number of carbonyl (C=O) groups excluding carboxylic acids is 2. The van der Waals surface area contributed by atoms with Crippen molar-refractivity contribution in [3.63, 3.8) is 0 Å². The number of hydrazone groups is 1. The first-order chi connectivity index (χ1) is 12.0. The highest BCUT2D eigenvalue weighted by Crippen LogP contribution is 2.15. The number of halogens is 1. The largest absolute Gasteiger partial charge is 0.326 e. The highest BCUT2D eigenvalue weighted by molar-refractivity contribution is 6.06. The standard InChI is InChI=1S/C19H20FN3O2/c1-3-14-8-4-7-11-17(14)21-18(24)12-13(2)22-23-19(25)15-9-5-6-10-16(15)20/h4-11H,3,12H2,1-2H3,(H,21,24)(H,23,25)/b22-13-. The molecule has 5 nitrogen and oxygen atoms in total. The van der Waals surface area contributed by atoms with E-state index in [1.807, 2.05) is 31.2 Å². The Hall–Kier alpha value is -3.02. The van der Waals surface area contributed by atoms with Crippen molar-refractivity contribution in [2.75, 3.05) is 5.32 Å². The van der Waals surface area contributed by atoms with Crippen molar-refractivity contribution < 1.29 is 14.0 Å². The fourth-order valence-corrected chi connectivity index (χ4v) is 2.27. The Morgan fingerprint density at radius 1 is 1.08 bits per heavy atom. The maximum atomic E-state index is 13.5. The van der Waals surface area contributed by atoms with Gasteiger partial charge < -0.3 is 5.32 Å². The van der Waals surface area contributed by atoms with Crippen molar-refractivity contribution in [2.45, 2.75) is 26.7 Å². The first-order valence-corrected chi connectivity index (χ1v) is 7.97. The van der Waals surface area contributed by atoms with E-state index in [2.05, 4.69) is 15.8 Å². The molecule has 0 saturated heterocycles. The van der Waals surface area contributed by atoms with Gasteiger partial charge >= 0.3 is 0 Å². The van der Waals surface area contributed by atoms with Crippen molar-refractivity contribution in [1.82, 2.24) is 5.43 Å². The van der Waals surface area contributed by atoms with E-state index in [0.717, 1.165) is 17.7 Å². The summed E-state index contributed by atoms with van der Waals surface area (Å²) in [5.74, 6) is -1.52. The van der Waals surface area contributed by atoms with Gasteiger partial charge in [0.1, 0.15) is 5.82 Å². The van der Waals surface area contributed by atoms with Gasteiger partial charge in [0.2, 0.25) is 5.91 Å². The molecule has 2 N–H and O–H groups in total. The van der Waals surface area contributed by atoms with Gasteiger partial charge in [-0.15, -0.1) is 0 Å². The van der Waals surface area contributed by atoms with Gasteiger partial charge in [-0.2, -0.15) is 5.10 Å². The zero-order chi connectivity index (χ0) is 18.2. The Bertz CT molecular complexity index is 803. The molecular formula is C19H20FN3O2. The summed E-state index contributed by atoms with van der Waals surface area (Å²) in [6, 6.07) is 13.2. The molecule has 25 heavy (non-hydrogen) atoms. The minimum Gasteiger partial charge on any atom is -0.326 e. The Morgan fingerprint density at radius 2 is 1.76 bits per heavy atom. The number of nitrogens with one attached hydrogen (secondary N) is 2. The Labute approximate surface area is 145 Å². The van der Waals surface area contributed by atoms with Crippen LogP contribution in [-0.2, 0) is 11.2 Å². The van der Waals surface area contributed by atoms with E-state index in [9.17, 15) is 14.0 Å². The average Bonchev–Trinajstić information content (AvgIpc) is 2.60. The highest BCUT2D eigenvalue weighted by Gasteiger charge is 2.11. The van der Waals surface area contributed by atoms with Gasteiger partial charge in [-0.25, -0.2) is 9.82 Å². The summed E-state index contributed by atoms with van der Waals surface area (Å²) in [4.78, 5) is 24.0. The number of carbonyl (C=O) groups is 2. The van der Waals surface area contributed by atoms with Crippen LogP contribution in [0.3, 0.4) is 0 Å². The summed E-state index contributed by atoms with van der Waals surface area (Å²) < 4.78 is 13.5. The molecule has 0 radical (unpaired) electrons. The molecule has 0 atom stereocenters. The predicted molar refractivity (Wildman–Crippen MR) is 96.0 cm³/mol. The van der Waals surface area contributed by atoms with Crippen LogP contribution in [0.4, 0.5) is 10.1 Å². The van der Waals surface area contributed by atoms with Crippen LogP contribution in [0.2, 0.25) is 0 Å². The topological polar surface area (TPSA) is 70.6 Å². The number of hydrogen-bond acceptors (Lipinski definition) is 3. The molecule has 0 aliphatic heterocycles. The molecular weight excluding hydrogens is 321 g/mol. The van der Waals surface area contributed by atoms with E-state index in [1.165, 1.54) is 18.2 Å². The molecule has 0 unspecified atom stereocenters. The summed E-state index contributed by atoms with van der Waals surface area (Å²) in [5.41, 5.74) is 4.38. The number of para-hydroxylation sites is 1. The average molecular weight is 341 g/mol. The molecule has 2 rings (SSSR count). The third-order valence-corrected chi connectivity index (χ3v) is 3.56. The molecule has 0 heterocycles. The van der Waals surface area contributed by atoms with Crippen LogP contribution < -0.4 is 10.7 Å². The van der Waals surface area contributed by atoms with Gasteiger partial charge in [0.25, 0.3) is 5.91 Å². The van der Waals surface area contributed by atoms with E-state index < -0.39 is 11.7 Å². The van der Waals surface area contributed by atoms with Crippen LogP contribution in [0.15, 0.2) is 53.6 Å². The molecule has 6 heteroatoms. The van der Waals surface area contributed by atoms with Gasteiger partial charge in [0.15, 0.2) is 0 Å². The predicted octanol–water partition coefficient (Wildman–Crippen LogP) is 3.52. The zero-order valence-electron chi connectivity index (χ0n) is 14.2. The lowest BCUT2D eigenvalue weighted by atomic mass is 10.1. The van der Waals surface area contributed by atoms with Gasteiger partial charge in [0.05, 0.1) is 12.0 Å². The minimum atomic E-state index is -0.658. The maximum Gasteiger partial charge on any atom is 0.274 e. The molecule has 2 aromatic carbocycles. The molecule has 130 valence electrons. The number of rotatable bonds is 6. The van der Waals surface area contributed by atoms with Gasteiger partial charge in [-0.05, 0) is 37.1 Å². The van der Waals surface area contributed by atoms with Crippen LogP contribution in [0.5, 0.6) is 0 Å². The summed E-state index contributed by atoms with van der Waals surface area (Å²) in [6.45, 7) is 3.63. The molecule has 2 aromatic rings. The molecule has 0 aliphatic carbocycles. The molecule has 0 spiro atoms. The third kappa shape index (κ3) is 5.24. The first kappa shape index (κ1) is 18.3. The molecule has 0 bridgehead atoms. The number of nitrogens with zero attached hydrogens (tertiary/aromatic N) is 1. The number of benzene rings is 2. The van der Waals surface area contributed by atoms with E-state index in [0.29, 0.717) is 5.71 Å². The third-order valence-electron chi connectivity index (χ3n) is 3.56. The lowest BCUT2D eigenvalue weighted by Crippen LogP contribution is -2.22. The SMILES string of the molecule is CCc1ccccc1NC(=O)C/C(C)=N\NC(=O)c1ccccc1F. The van der Waals surface area contributed by atoms with E-state index >= 15 is 0 Å². The van der Waals surface area contributed by atoms with E-state index in [4.69, 9.17) is 0 Å². The molecule has 0 fully saturated rings.